The maximum Gasteiger partial charge on any atom is 0.254 e. The van der Waals surface area contributed by atoms with Gasteiger partial charge in [0.15, 0.2) is 5.65 Å². The molecule has 1 saturated heterocycles. The Kier molecular flexibility index (Phi) is 4.66. The van der Waals surface area contributed by atoms with Crippen LogP contribution in [0.25, 0.3) is 16.9 Å². The lowest BCUT2D eigenvalue weighted by Crippen LogP contribution is -2.39. The van der Waals surface area contributed by atoms with Crippen LogP contribution < -0.4 is 0 Å². The zero-order valence-corrected chi connectivity index (χ0v) is 16.1. The number of hydrogen-bond donors (Lipinski definition) is 0. The maximum atomic E-state index is 14.3. The standard InChI is InChI=1S/C22H19FN6O/c23-18-11-16(19-13-24-6-7-25-19)10-17(12-18)22(30)28-8-3-4-15(14-28)21-27-26-20-5-1-2-9-29(20)21/h1-2,5-7,9-13,15H,3-4,8,14H2. The van der Waals surface area contributed by atoms with Crippen LogP contribution in [0.5, 0.6) is 0 Å². The van der Waals surface area contributed by atoms with Crippen molar-refractivity contribution in [1.82, 2.24) is 29.5 Å². The molecule has 150 valence electrons. The van der Waals surface area contributed by atoms with Crippen molar-refractivity contribution < 1.29 is 9.18 Å². The minimum atomic E-state index is -0.474. The summed E-state index contributed by atoms with van der Waals surface area (Å²) in [5, 5.41) is 8.58. The molecule has 8 heteroatoms. The molecule has 4 aromatic rings. The van der Waals surface area contributed by atoms with Crippen LogP contribution in [-0.2, 0) is 0 Å². The second-order valence-corrected chi connectivity index (χ2v) is 7.40. The van der Waals surface area contributed by atoms with Crippen LogP contribution >= 0.6 is 0 Å². The number of likely N-dealkylation sites (tertiary alicyclic amines) is 1. The molecule has 4 heterocycles. The number of halogens is 1. The van der Waals surface area contributed by atoms with Gasteiger partial charge in [0.1, 0.15) is 11.6 Å². The number of piperidine rings is 1. The largest absolute Gasteiger partial charge is 0.338 e. The lowest BCUT2D eigenvalue weighted by atomic mass is 9.96. The molecule has 30 heavy (non-hydrogen) atoms. The van der Waals surface area contributed by atoms with Gasteiger partial charge in [0.25, 0.3) is 5.91 Å². The van der Waals surface area contributed by atoms with E-state index in [1.54, 1.807) is 29.6 Å². The van der Waals surface area contributed by atoms with Crippen molar-refractivity contribution in [3.8, 4) is 11.3 Å². The molecule has 1 atom stereocenters. The fraction of sp³-hybridized carbons (Fsp3) is 0.227. The summed E-state index contributed by atoms with van der Waals surface area (Å²) in [6.07, 6.45) is 8.36. The first-order valence-corrected chi connectivity index (χ1v) is 9.85. The average molecular weight is 402 g/mol. The number of carbonyl (C=O) groups is 1. The summed E-state index contributed by atoms with van der Waals surface area (Å²) in [6.45, 7) is 1.15. The van der Waals surface area contributed by atoms with Gasteiger partial charge >= 0.3 is 0 Å². The van der Waals surface area contributed by atoms with Crippen LogP contribution in [0.4, 0.5) is 4.39 Å². The summed E-state index contributed by atoms with van der Waals surface area (Å²) in [6, 6.07) is 10.1. The maximum absolute atomic E-state index is 14.3. The molecule has 1 aliphatic heterocycles. The van der Waals surface area contributed by atoms with E-state index in [0.29, 0.717) is 29.9 Å². The number of amides is 1. The van der Waals surface area contributed by atoms with Gasteiger partial charge in [0, 0.05) is 48.7 Å². The highest BCUT2D eigenvalue weighted by atomic mass is 19.1. The van der Waals surface area contributed by atoms with Crippen LogP contribution in [-0.4, -0.2) is 48.5 Å². The van der Waals surface area contributed by atoms with E-state index >= 15 is 0 Å². The number of aromatic nitrogens is 5. The Morgan fingerprint density at radius 2 is 2.07 bits per heavy atom. The first kappa shape index (κ1) is 18.4. The summed E-state index contributed by atoms with van der Waals surface area (Å²) in [5.41, 5.74) is 2.15. The van der Waals surface area contributed by atoms with Crippen LogP contribution in [0.3, 0.4) is 0 Å². The third-order valence-corrected chi connectivity index (χ3v) is 5.42. The van der Waals surface area contributed by atoms with Crippen molar-refractivity contribution >= 4 is 11.6 Å². The Bertz CT molecular complexity index is 1210. The van der Waals surface area contributed by atoms with E-state index in [1.807, 2.05) is 28.8 Å². The molecule has 1 aliphatic rings. The van der Waals surface area contributed by atoms with E-state index in [9.17, 15) is 9.18 Å². The summed E-state index contributed by atoms with van der Waals surface area (Å²) in [4.78, 5) is 23.2. The summed E-state index contributed by atoms with van der Waals surface area (Å²) in [7, 11) is 0. The smallest absolute Gasteiger partial charge is 0.254 e. The number of rotatable bonds is 3. The van der Waals surface area contributed by atoms with Gasteiger partial charge in [-0.15, -0.1) is 10.2 Å². The average Bonchev–Trinajstić information content (AvgIpc) is 3.23. The van der Waals surface area contributed by atoms with Crippen molar-refractivity contribution in [3.05, 3.63) is 78.4 Å². The summed E-state index contributed by atoms with van der Waals surface area (Å²) >= 11 is 0. The van der Waals surface area contributed by atoms with Gasteiger partial charge < -0.3 is 4.90 Å². The molecular formula is C22H19FN6O. The molecule has 0 aliphatic carbocycles. The van der Waals surface area contributed by atoms with Gasteiger partial charge in [-0.2, -0.15) is 0 Å². The molecule has 7 nitrogen and oxygen atoms in total. The van der Waals surface area contributed by atoms with Crippen molar-refractivity contribution in [1.29, 1.82) is 0 Å². The zero-order chi connectivity index (χ0) is 20.5. The number of fused-ring (bicyclic) bond motifs is 1. The van der Waals surface area contributed by atoms with Gasteiger partial charge in [-0.05, 0) is 43.2 Å². The lowest BCUT2D eigenvalue weighted by Gasteiger charge is -2.32. The second kappa shape index (κ2) is 7.62. The SMILES string of the molecule is O=C(c1cc(F)cc(-c2cnccn2)c1)N1CCCC(c2nnc3ccccn23)C1. The summed E-state index contributed by atoms with van der Waals surface area (Å²) < 4.78 is 16.2. The lowest BCUT2D eigenvalue weighted by molar-refractivity contribution is 0.0703. The molecule has 0 radical (unpaired) electrons. The van der Waals surface area contributed by atoms with Crippen LogP contribution in [0.1, 0.15) is 34.9 Å². The highest BCUT2D eigenvalue weighted by Gasteiger charge is 2.28. The van der Waals surface area contributed by atoms with E-state index in [-0.39, 0.29) is 11.8 Å². The predicted molar refractivity (Wildman–Crippen MR) is 108 cm³/mol. The van der Waals surface area contributed by atoms with E-state index in [0.717, 1.165) is 24.3 Å². The Hall–Kier alpha value is -3.68. The quantitative estimate of drug-likeness (QED) is 0.525. The Morgan fingerprint density at radius 1 is 1.13 bits per heavy atom. The number of carbonyl (C=O) groups excluding carboxylic acids is 1. The second-order valence-electron chi connectivity index (χ2n) is 7.40. The number of benzene rings is 1. The Morgan fingerprint density at radius 3 is 2.93 bits per heavy atom. The van der Waals surface area contributed by atoms with E-state index in [2.05, 4.69) is 20.2 Å². The van der Waals surface area contributed by atoms with Gasteiger partial charge in [-0.1, -0.05) is 6.07 Å². The molecule has 3 aromatic heterocycles. The first-order chi connectivity index (χ1) is 14.7. The minimum Gasteiger partial charge on any atom is -0.338 e. The fourth-order valence-electron chi connectivity index (χ4n) is 4.00. The summed E-state index contributed by atoms with van der Waals surface area (Å²) in [5.74, 6) is 0.257. The zero-order valence-electron chi connectivity index (χ0n) is 16.1. The van der Waals surface area contributed by atoms with Crippen LogP contribution in [0.15, 0.2) is 61.2 Å². The number of nitrogens with zero attached hydrogens (tertiary/aromatic N) is 6. The predicted octanol–water partition coefficient (Wildman–Crippen LogP) is 3.35. The van der Waals surface area contributed by atoms with Crippen molar-refractivity contribution in [2.24, 2.45) is 0 Å². The monoisotopic (exact) mass is 402 g/mol. The molecule has 1 fully saturated rings. The molecule has 0 N–H and O–H groups in total. The van der Waals surface area contributed by atoms with Gasteiger partial charge in [-0.3, -0.25) is 19.2 Å². The minimum absolute atomic E-state index is 0.0770. The highest BCUT2D eigenvalue weighted by molar-refractivity contribution is 5.95. The van der Waals surface area contributed by atoms with Gasteiger partial charge in [-0.25, -0.2) is 4.39 Å². The fourth-order valence-corrected chi connectivity index (χ4v) is 4.00. The molecule has 1 amide bonds. The van der Waals surface area contributed by atoms with E-state index < -0.39 is 5.82 Å². The Balaban J connectivity index is 1.42. The first-order valence-electron chi connectivity index (χ1n) is 9.85. The van der Waals surface area contributed by atoms with Crippen LogP contribution in [0.2, 0.25) is 0 Å². The molecule has 1 aromatic carbocycles. The van der Waals surface area contributed by atoms with Crippen molar-refractivity contribution in [3.63, 3.8) is 0 Å². The molecule has 0 spiro atoms. The molecule has 0 saturated carbocycles. The number of hydrogen-bond acceptors (Lipinski definition) is 5. The third-order valence-electron chi connectivity index (χ3n) is 5.42. The topological polar surface area (TPSA) is 76.3 Å². The third kappa shape index (κ3) is 3.41. The molecule has 1 unspecified atom stereocenters. The molecular weight excluding hydrogens is 383 g/mol. The van der Waals surface area contributed by atoms with E-state index in [1.165, 1.54) is 12.1 Å². The molecule has 0 bridgehead atoms. The van der Waals surface area contributed by atoms with Crippen molar-refractivity contribution in [2.75, 3.05) is 13.1 Å². The van der Waals surface area contributed by atoms with Gasteiger partial charge in [0.05, 0.1) is 11.9 Å². The molecule has 5 rings (SSSR count). The highest BCUT2D eigenvalue weighted by Crippen LogP contribution is 2.28. The normalized spacial score (nSPS) is 16.7. The Labute approximate surface area is 172 Å². The van der Waals surface area contributed by atoms with E-state index in [4.69, 9.17) is 0 Å². The van der Waals surface area contributed by atoms with Crippen LogP contribution in [0, 0.1) is 5.82 Å². The van der Waals surface area contributed by atoms with Gasteiger partial charge in [0.2, 0.25) is 0 Å². The number of pyridine rings is 1. The van der Waals surface area contributed by atoms with Crippen molar-refractivity contribution in [2.45, 2.75) is 18.8 Å².